The average Bonchev–Trinajstić information content (AvgIpc) is 3.21. The first kappa shape index (κ1) is 53.6. The van der Waals surface area contributed by atoms with Gasteiger partial charge in [-0.2, -0.15) is 0 Å². The molecule has 0 bridgehead atoms. The standard InChI is InChI=1S/C47H79ClN2O13/c1-15-21-50-25-26(3)23-45(9,55)40(63-44-37(51)34(49(12)13)22-27(4)58-44)28(5)38(61-36-24-46(10,57-14)39(52)31(8)59-36)29(6)42(53)60-35(16-2)47(11,56)41(30(50)7)62-43(54)32-17-19-33(48)20-18-32/h17-20,26-31,34-41,44,51-52,55-56H,15-16,21-25H2,1-14H3/t26-,27-,28+,29-,30+,31+,34+,35+,36+,37-,38+,39+,40-,41-,44+,45+,46-,47-/m1/s1. The molecule has 4 rings (SSSR count). The summed E-state index contributed by atoms with van der Waals surface area (Å²) in [5, 5.41) is 48.8. The van der Waals surface area contributed by atoms with E-state index in [0.29, 0.717) is 24.5 Å². The lowest BCUT2D eigenvalue weighted by Gasteiger charge is -2.48. The molecule has 0 amide bonds. The van der Waals surface area contributed by atoms with Crippen LogP contribution in [0.1, 0.15) is 119 Å². The molecule has 16 heteroatoms. The maximum Gasteiger partial charge on any atom is 0.338 e. The molecule has 3 aliphatic rings. The number of methoxy groups -OCH3 is 1. The molecule has 18 atom stereocenters. The van der Waals surface area contributed by atoms with Gasteiger partial charge >= 0.3 is 11.9 Å². The van der Waals surface area contributed by atoms with Crippen LogP contribution in [0.25, 0.3) is 0 Å². The molecule has 15 nitrogen and oxygen atoms in total. The van der Waals surface area contributed by atoms with Gasteiger partial charge in [-0.05, 0) is 125 Å². The van der Waals surface area contributed by atoms with Gasteiger partial charge in [-0.25, -0.2) is 4.79 Å². The Hall–Kier alpha value is -1.99. The third-order valence-electron chi connectivity index (χ3n) is 13.8. The van der Waals surface area contributed by atoms with E-state index in [0.717, 1.165) is 6.42 Å². The smallest absolute Gasteiger partial charge is 0.338 e. The highest BCUT2D eigenvalue weighted by Crippen LogP contribution is 2.40. The summed E-state index contributed by atoms with van der Waals surface area (Å²) in [5.41, 5.74) is -4.36. The van der Waals surface area contributed by atoms with Crippen molar-refractivity contribution >= 4 is 23.5 Å². The van der Waals surface area contributed by atoms with Gasteiger partial charge in [0.25, 0.3) is 0 Å². The van der Waals surface area contributed by atoms with Crippen molar-refractivity contribution in [2.24, 2.45) is 17.8 Å². The van der Waals surface area contributed by atoms with Crippen LogP contribution in [-0.2, 0) is 38.0 Å². The number of aliphatic hydroxyl groups excluding tert-OH is 2. The fraction of sp³-hybridized carbons (Fsp3) is 0.830. The summed E-state index contributed by atoms with van der Waals surface area (Å²) in [4.78, 5) is 32.6. The minimum atomic E-state index is -1.91. The first-order valence-corrected chi connectivity index (χ1v) is 23.2. The maximum atomic E-state index is 14.7. The molecule has 0 saturated carbocycles. The summed E-state index contributed by atoms with van der Waals surface area (Å²) >= 11 is 6.13. The quantitative estimate of drug-likeness (QED) is 0.212. The van der Waals surface area contributed by atoms with Crippen molar-refractivity contribution in [3.8, 4) is 0 Å². The molecule has 362 valence electrons. The van der Waals surface area contributed by atoms with Gasteiger partial charge in [0, 0.05) is 43.1 Å². The summed E-state index contributed by atoms with van der Waals surface area (Å²) in [6.45, 7) is 20.7. The van der Waals surface area contributed by atoms with Gasteiger partial charge in [0.1, 0.15) is 30.0 Å². The summed E-state index contributed by atoms with van der Waals surface area (Å²) in [6, 6.07) is 5.36. The minimum absolute atomic E-state index is 0.101. The number of likely N-dealkylation sites (N-methyl/N-ethyl adjacent to an activating group) is 1. The summed E-state index contributed by atoms with van der Waals surface area (Å²) in [5.74, 6) is -3.51. The fourth-order valence-electron chi connectivity index (χ4n) is 10.2. The van der Waals surface area contributed by atoms with E-state index in [4.69, 9.17) is 44.8 Å². The number of aliphatic hydroxyl groups is 4. The van der Waals surface area contributed by atoms with Crippen molar-refractivity contribution in [1.29, 1.82) is 0 Å². The van der Waals surface area contributed by atoms with Gasteiger partial charge in [-0.1, -0.05) is 39.3 Å². The Kier molecular flexibility index (Phi) is 18.9. The van der Waals surface area contributed by atoms with Crippen LogP contribution in [0.4, 0.5) is 0 Å². The van der Waals surface area contributed by atoms with Crippen LogP contribution >= 0.6 is 11.6 Å². The number of benzene rings is 1. The number of hydrogen-bond donors (Lipinski definition) is 4. The van der Waals surface area contributed by atoms with Crippen LogP contribution in [0.15, 0.2) is 24.3 Å². The van der Waals surface area contributed by atoms with Gasteiger partial charge < -0.3 is 58.5 Å². The molecule has 3 fully saturated rings. The van der Waals surface area contributed by atoms with Crippen molar-refractivity contribution in [3.63, 3.8) is 0 Å². The number of nitrogens with zero attached hydrogens (tertiary/aromatic N) is 2. The number of halogens is 1. The topological polar surface area (TPSA) is 186 Å². The third kappa shape index (κ3) is 12.7. The van der Waals surface area contributed by atoms with Gasteiger partial charge in [-0.3, -0.25) is 9.69 Å². The largest absolute Gasteiger partial charge is 0.459 e. The summed E-state index contributed by atoms with van der Waals surface area (Å²) in [6.07, 6.45) is -8.01. The van der Waals surface area contributed by atoms with E-state index < -0.39 is 102 Å². The number of carbonyl (C=O) groups excluding carboxylic acids is 2. The number of rotatable bonds is 11. The van der Waals surface area contributed by atoms with Crippen LogP contribution < -0.4 is 0 Å². The molecule has 0 spiro atoms. The number of hydrogen-bond acceptors (Lipinski definition) is 15. The molecular weight excluding hydrogens is 836 g/mol. The van der Waals surface area contributed by atoms with E-state index in [1.54, 1.807) is 58.9 Å². The van der Waals surface area contributed by atoms with Crippen molar-refractivity contribution in [2.45, 2.75) is 199 Å². The molecule has 3 heterocycles. The lowest BCUT2D eigenvalue weighted by molar-refractivity contribution is -0.318. The van der Waals surface area contributed by atoms with Crippen LogP contribution in [0.2, 0.25) is 5.02 Å². The SMILES string of the molecule is CCCN1C[C@H](C)C[C@](C)(O)[C@H](O[C@@H]2O[C@H](C)C[C@H](N(C)C)[C@H]2O)[C@@H](C)[C@H](O[C@H]2C[C@@](C)(OC)[C@@H](O)[C@H](C)O2)[C@@H](C)C(=O)O[C@@H](CC)[C@@](C)(O)[C@H](OC(=O)c2ccc(Cl)cc2)[C@@H]1C. The Labute approximate surface area is 380 Å². The Balaban J connectivity index is 1.88. The zero-order valence-electron chi connectivity index (χ0n) is 40.2. The van der Waals surface area contributed by atoms with Gasteiger partial charge in [0.15, 0.2) is 12.6 Å². The average molecular weight is 916 g/mol. The molecule has 1 aromatic carbocycles. The molecule has 0 aliphatic carbocycles. The van der Waals surface area contributed by atoms with E-state index >= 15 is 0 Å². The van der Waals surface area contributed by atoms with Gasteiger partial charge in [-0.15, -0.1) is 0 Å². The Morgan fingerprint density at radius 3 is 2.16 bits per heavy atom. The lowest BCUT2D eigenvalue weighted by atomic mass is 9.77. The summed E-state index contributed by atoms with van der Waals surface area (Å²) < 4.78 is 44.5. The van der Waals surface area contributed by atoms with Crippen LogP contribution in [0.3, 0.4) is 0 Å². The minimum Gasteiger partial charge on any atom is -0.459 e. The zero-order chi connectivity index (χ0) is 47.4. The Morgan fingerprint density at radius 1 is 0.952 bits per heavy atom. The zero-order valence-corrected chi connectivity index (χ0v) is 40.9. The lowest BCUT2D eigenvalue weighted by Crippen LogP contribution is -2.61. The monoisotopic (exact) mass is 915 g/mol. The molecule has 3 saturated heterocycles. The highest BCUT2D eigenvalue weighted by Gasteiger charge is 2.53. The fourth-order valence-corrected chi connectivity index (χ4v) is 10.3. The van der Waals surface area contributed by atoms with Crippen LogP contribution in [0, 0.1) is 17.8 Å². The first-order valence-electron chi connectivity index (χ1n) is 22.9. The van der Waals surface area contributed by atoms with E-state index in [-0.39, 0.29) is 42.9 Å². The van der Waals surface area contributed by atoms with Crippen LogP contribution in [0.5, 0.6) is 0 Å². The Bertz CT molecular complexity index is 1620. The highest BCUT2D eigenvalue weighted by atomic mass is 35.5. The van der Waals surface area contributed by atoms with Gasteiger partial charge in [0.2, 0.25) is 0 Å². The molecule has 1 aromatic rings. The van der Waals surface area contributed by atoms with E-state index in [9.17, 15) is 30.0 Å². The number of carbonyl (C=O) groups is 2. The normalized spacial score (nSPS) is 42.9. The van der Waals surface area contributed by atoms with Crippen molar-refractivity contribution < 1.29 is 63.2 Å². The second-order valence-corrected chi connectivity index (χ2v) is 20.0. The van der Waals surface area contributed by atoms with E-state index in [1.165, 1.54) is 14.0 Å². The molecule has 0 radical (unpaired) electrons. The van der Waals surface area contributed by atoms with Crippen molar-refractivity contribution in [2.75, 3.05) is 34.3 Å². The molecule has 4 N–H and O–H groups in total. The first-order chi connectivity index (χ1) is 29.3. The molecular formula is C47H79ClN2O13. The molecule has 0 unspecified atom stereocenters. The molecule has 63 heavy (non-hydrogen) atoms. The van der Waals surface area contributed by atoms with Gasteiger partial charge in [0.05, 0.1) is 47.1 Å². The number of ether oxygens (including phenoxy) is 7. The predicted octanol–water partition coefficient (Wildman–Crippen LogP) is 5.20. The highest BCUT2D eigenvalue weighted by molar-refractivity contribution is 6.30. The summed E-state index contributed by atoms with van der Waals surface area (Å²) in [7, 11) is 5.27. The van der Waals surface area contributed by atoms with E-state index in [2.05, 4.69) is 4.90 Å². The predicted molar refractivity (Wildman–Crippen MR) is 238 cm³/mol. The van der Waals surface area contributed by atoms with Crippen molar-refractivity contribution in [1.82, 2.24) is 9.80 Å². The van der Waals surface area contributed by atoms with Crippen molar-refractivity contribution in [3.05, 3.63) is 34.9 Å². The molecule has 3 aliphatic heterocycles. The second-order valence-electron chi connectivity index (χ2n) is 19.6. The maximum absolute atomic E-state index is 14.7. The molecule has 0 aromatic heterocycles. The number of cyclic esters (lactones) is 1. The second kappa shape index (κ2) is 22.2. The Morgan fingerprint density at radius 2 is 1.59 bits per heavy atom. The number of esters is 2. The third-order valence-corrected chi connectivity index (χ3v) is 14.1. The van der Waals surface area contributed by atoms with Crippen LogP contribution in [-0.4, -0.2) is 167 Å². The van der Waals surface area contributed by atoms with E-state index in [1.807, 2.05) is 53.6 Å².